The summed E-state index contributed by atoms with van der Waals surface area (Å²) >= 11 is 0. The van der Waals surface area contributed by atoms with E-state index in [2.05, 4.69) is 40.3 Å². The number of hydrogen-bond acceptors (Lipinski definition) is 4. The van der Waals surface area contributed by atoms with Crippen LogP contribution in [0.25, 0.3) is 0 Å². The van der Waals surface area contributed by atoms with Gasteiger partial charge in [-0.25, -0.2) is 9.59 Å². The van der Waals surface area contributed by atoms with Gasteiger partial charge in [0.2, 0.25) is 0 Å². The Bertz CT molecular complexity index is 701. The molecule has 0 unspecified atom stereocenters. The Hall–Kier alpha value is -1.84. The highest BCUT2D eigenvalue weighted by atomic mass is 16.5. The molecule has 0 amide bonds. The first-order chi connectivity index (χ1) is 12.3. The smallest absolute Gasteiger partial charge is 0.350 e. The maximum atomic E-state index is 12.4. The number of fused-ring (bicyclic) bond motifs is 1. The molecule has 1 aliphatic rings. The number of rotatable bonds is 3. The zero-order chi connectivity index (χ0) is 19.4. The van der Waals surface area contributed by atoms with Crippen molar-refractivity contribution >= 4 is 5.97 Å². The molecule has 1 aliphatic carbocycles. The fraction of sp³-hybridized carbons (Fsp3) is 0.636. The lowest BCUT2D eigenvalue weighted by Gasteiger charge is -2.30. The number of ether oxygens (including phenoxy) is 1. The number of esters is 1. The minimum atomic E-state index is -0.631. The Kier molecular flexibility index (Phi) is 6.85. The van der Waals surface area contributed by atoms with Crippen molar-refractivity contribution in [2.75, 3.05) is 7.11 Å². The Labute approximate surface area is 156 Å². The normalized spacial score (nSPS) is 26.8. The minimum absolute atomic E-state index is 0.00169. The van der Waals surface area contributed by atoms with Crippen molar-refractivity contribution in [3.8, 4) is 0 Å². The summed E-state index contributed by atoms with van der Waals surface area (Å²) in [5, 5.41) is 0. The molecule has 0 aliphatic heterocycles. The van der Waals surface area contributed by atoms with Crippen LogP contribution in [0.4, 0.5) is 0 Å². The molecule has 4 nitrogen and oxygen atoms in total. The lowest BCUT2D eigenvalue weighted by atomic mass is 9.75. The summed E-state index contributed by atoms with van der Waals surface area (Å²) in [5.41, 5.74) is 0.394. The summed E-state index contributed by atoms with van der Waals surface area (Å²) in [6.07, 6.45) is 6.11. The van der Waals surface area contributed by atoms with Crippen LogP contribution in [0.3, 0.4) is 0 Å². The van der Waals surface area contributed by atoms with Crippen molar-refractivity contribution in [2.24, 2.45) is 17.8 Å². The number of hydrogen-bond donors (Lipinski definition) is 0. The highest BCUT2D eigenvalue weighted by Gasteiger charge is 2.30. The molecule has 1 heterocycles. The Morgan fingerprint density at radius 3 is 2.54 bits per heavy atom. The Balaban J connectivity index is 2.59. The van der Waals surface area contributed by atoms with Crippen LogP contribution in [0, 0.1) is 17.8 Å². The van der Waals surface area contributed by atoms with Crippen molar-refractivity contribution in [2.45, 2.75) is 65.2 Å². The van der Waals surface area contributed by atoms with Gasteiger partial charge in [-0.3, -0.25) is 0 Å². The topological polar surface area (TPSA) is 56.5 Å². The Morgan fingerprint density at radius 1 is 1.27 bits per heavy atom. The fourth-order valence-corrected chi connectivity index (χ4v) is 4.14. The summed E-state index contributed by atoms with van der Waals surface area (Å²) in [4.78, 5) is 24.3. The molecule has 0 spiro atoms. The standard InChI is InChI=1S/C22H32O4/c1-7-16-10-8-15(5)20-18(17(13(2)3)11-9-14(16)4)12-19(21(23)25-6)22(24)26-20/h7,12-17H,1,8-11H2,2-6H3/t14-,15-,16+,17-/m1/s1. The molecule has 0 aromatic carbocycles. The van der Waals surface area contributed by atoms with Gasteiger partial charge in [0, 0.05) is 5.92 Å². The van der Waals surface area contributed by atoms with Gasteiger partial charge in [-0.05, 0) is 61.0 Å². The molecule has 26 heavy (non-hydrogen) atoms. The molecule has 0 N–H and O–H groups in total. The second-order valence-corrected chi connectivity index (χ2v) is 8.04. The molecule has 0 fully saturated rings. The zero-order valence-corrected chi connectivity index (χ0v) is 16.7. The maximum Gasteiger partial charge on any atom is 0.350 e. The highest BCUT2D eigenvalue weighted by molar-refractivity contribution is 5.88. The van der Waals surface area contributed by atoms with Crippen LogP contribution in [0.5, 0.6) is 0 Å². The second kappa shape index (κ2) is 8.70. The molecule has 4 atom stereocenters. The molecule has 1 aromatic heterocycles. The predicted molar refractivity (Wildman–Crippen MR) is 104 cm³/mol. The van der Waals surface area contributed by atoms with Crippen LogP contribution in [-0.2, 0) is 4.74 Å². The number of carbonyl (C=O) groups is 1. The van der Waals surface area contributed by atoms with E-state index in [1.165, 1.54) is 7.11 Å². The van der Waals surface area contributed by atoms with Crippen molar-refractivity contribution in [1.82, 2.24) is 0 Å². The van der Waals surface area contributed by atoms with Gasteiger partial charge in [-0.2, -0.15) is 0 Å². The second-order valence-electron chi connectivity index (χ2n) is 8.04. The summed E-state index contributed by atoms with van der Waals surface area (Å²) in [6.45, 7) is 12.8. The third-order valence-corrected chi connectivity index (χ3v) is 5.96. The van der Waals surface area contributed by atoms with E-state index in [-0.39, 0.29) is 17.4 Å². The van der Waals surface area contributed by atoms with E-state index >= 15 is 0 Å². The van der Waals surface area contributed by atoms with Gasteiger partial charge in [0.25, 0.3) is 0 Å². The van der Waals surface area contributed by atoms with Gasteiger partial charge < -0.3 is 9.15 Å². The summed E-state index contributed by atoms with van der Waals surface area (Å²) < 4.78 is 10.5. The maximum absolute atomic E-state index is 12.4. The quantitative estimate of drug-likeness (QED) is 0.543. The van der Waals surface area contributed by atoms with Crippen LogP contribution < -0.4 is 5.63 Å². The van der Waals surface area contributed by atoms with Crippen molar-refractivity contribution < 1.29 is 13.9 Å². The van der Waals surface area contributed by atoms with Crippen LogP contribution in [0.1, 0.15) is 86.9 Å². The first kappa shape index (κ1) is 20.5. The minimum Gasteiger partial charge on any atom is -0.465 e. The van der Waals surface area contributed by atoms with Crippen LogP contribution in [0.15, 0.2) is 27.9 Å². The van der Waals surface area contributed by atoms with Gasteiger partial charge in [0.1, 0.15) is 11.3 Å². The third kappa shape index (κ3) is 4.28. The van der Waals surface area contributed by atoms with Crippen molar-refractivity contribution in [3.63, 3.8) is 0 Å². The number of allylic oxidation sites excluding steroid dienone is 1. The highest BCUT2D eigenvalue weighted by Crippen LogP contribution is 2.40. The Morgan fingerprint density at radius 2 is 1.96 bits per heavy atom. The predicted octanol–water partition coefficient (Wildman–Crippen LogP) is 5.28. The van der Waals surface area contributed by atoms with Gasteiger partial charge in [-0.1, -0.05) is 33.8 Å². The van der Waals surface area contributed by atoms with E-state index in [9.17, 15) is 9.59 Å². The van der Waals surface area contributed by atoms with E-state index < -0.39 is 11.6 Å². The first-order valence-corrected chi connectivity index (χ1v) is 9.68. The molecule has 144 valence electrons. The average molecular weight is 360 g/mol. The van der Waals surface area contributed by atoms with Crippen LogP contribution in [0.2, 0.25) is 0 Å². The van der Waals surface area contributed by atoms with Gasteiger partial charge >= 0.3 is 11.6 Å². The molecule has 2 rings (SSSR count). The van der Waals surface area contributed by atoms with E-state index in [0.29, 0.717) is 17.8 Å². The molecular weight excluding hydrogens is 328 g/mol. The van der Waals surface area contributed by atoms with E-state index in [1.807, 2.05) is 0 Å². The third-order valence-electron chi connectivity index (χ3n) is 5.96. The SMILES string of the molecule is C=C[C@H]1CC[C@@H](C)c2oc(=O)c(C(=O)OC)cc2[C@@H](C(C)C)CC[C@H]1C. The largest absolute Gasteiger partial charge is 0.465 e. The summed E-state index contributed by atoms with van der Waals surface area (Å²) in [5.74, 6) is 1.90. The van der Waals surface area contributed by atoms with Gasteiger partial charge in [-0.15, -0.1) is 6.58 Å². The molecule has 0 saturated carbocycles. The zero-order valence-electron chi connectivity index (χ0n) is 16.7. The summed E-state index contributed by atoms with van der Waals surface area (Å²) in [7, 11) is 1.29. The first-order valence-electron chi connectivity index (χ1n) is 9.68. The molecule has 0 radical (unpaired) electrons. The molecule has 4 heteroatoms. The van der Waals surface area contributed by atoms with Gasteiger partial charge in [0.05, 0.1) is 7.11 Å². The molecular formula is C22H32O4. The lowest BCUT2D eigenvalue weighted by molar-refractivity contribution is 0.0594. The molecule has 0 saturated heterocycles. The van der Waals surface area contributed by atoms with E-state index in [1.54, 1.807) is 6.07 Å². The van der Waals surface area contributed by atoms with Crippen LogP contribution in [-0.4, -0.2) is 13.1 Å². The van der Waals surface area contributed by atoms with E-state index in [4.69, 9.17) is 9.15 Å². The van der Waals surface area contributed by atoms with Crippen molar-refractivity contribution in [1.29, 1.82) is 0 Å². The molecule has 0 bridgehead atoms. The average Bonchev–Trinajstić information content (AvgIpc) is 2.61. The van der Waals surface area contributed by atoms with Crippen LogP contribution >= 0.6 is 0 Å². The number of methoxy groups -OCH3 is 1. The number of carbonyl (C=O) groups excluding carboxylic acids is 1. The van der Waals surface area contributed by atoms with E-state index in [0.717, 1.165) is 37.0 Å². The molecule has 1 aromatic rings. The summed E-state index contributed by atoms with van der Waals surface area (Å²) in [6, 6.07) is 1.73. The van der Waals surface area contributed by atoms with Crippen molar-refractivity contribution in [3.05, 3.63) is 46.0 Å². The lowest BCUT2D eigenvalue weighted by Crippen LogP contribution is -2.23. The van der Waals surface area contributed by atoms with Gasteiger partial charge in [0.15, 0.2) is 0 Å². The monoisotopic (exact) mass is 360 g/mol. The fourth-order valence-electron chi connectivity index (χ4n) is 4.14.